The van der Waals surface area contributed by atoms with Gasteiger partial charge >= 0.3 is 0 Å². The molecule has 1 atom stereocenters. The molecule has 0 fully saturated rings. The molecule has 2 aromatic rings. The zero-order chi connectivity index (χ0) is 21.0. The Hall–Kier alpha value is -3.16. The van der Waals surface area contributed by atoms with E-state index in [1.165, 1.54) is 0 Å². The van der Waals surface area contributed by atoms with E-state index in [9.17, 15) is 18.4 Å². The van der Waals surface area contributed by atoms with Crippen LogP contribution in [0.2, 0.25) is 0 Å². The predicted octanol–water partition coefficient (Wildman–Crippen LogP) is 2.73. The number of benzene rings is 2. The van der Waals surface area contributed by atoms with Gasteiger partial charge in [0.2, 0.25) is 5.91 Å². The predicted molar refractivity (Wildman–Crippen MR) is 102 cm³/mol. The van der Waals surface area contributed by atoms with Gasteiger partial charge in [0.05, 0.1) is 18.7 Å². The summed E-state index contributed by atoms with van der Waals surface area (Å²) in [6.07, 6.45) is 0.889. The van der Waals surface area contributed by atoms with Crippen molar-refractivity contribution in [2.45, 2.75) is 32.9 Å². The molecule has 29 heavy (non-hydrogen) atoms. The Labute approximate surface area is 167 Å². The molecule has 0 aliphatic carbocycles. The zero-order valence-corrected chi connectivity index (χ0v) is 16.2. The lowest BCUT2D eigenvalue weighted by Gasteiger charge is -2.13. The van der Waals surface area contributed by atoms with Crippen molar-refractivity contribution in [1.29, 1.82) is 0 Å². The molecule has 0 saturated heterocycles. The molecule has 1 unspecified atom stereocenters. The fourth-order valence-corrected chi connectivity index (χ4v) is 3.10. The van der Waals surface area contributed by atoms with E-state index in [0.717, 1.165) is 35.4 Å². The Morgan fingerprint density at radius 1 is 1.21 bits per heavy atom. The molecular weight excluding hydrogens is 382 g/mol. The third-order valence-electron chi connectivity index (χ3n) is 4.44. The highest BCUT2D eigenvalue weighted by atomic mass is 19.1. The summed E-state index contributed by atoms with van der Waals surface area (Å²) in [6, 6.07) is 6.38. The SMILES string of the molecule is CCOc1cc2c(cc1CNC(=O)CNC(=O)c1ccc(F)cc1F)OC(C)C2. The average molecular weight is 404 g/mol. The number of halogens is 2. The van der Waals surface area contributed by atoms with Gasteiger partial charge < -0.3 is 20.1 Å². The van der Waals surface area contributed by atoms with Crippen molar-refractivity contribution in [3.63, 3.8) is 0 Å². The van der Waals surface area contributed by atoms with Crippen LogP contribution in [0.1, 0.15) is 35.3 Å². The van der Waals surface area contributed by atoms with Crippen LogP contribution < -0.4 is 20.1 Å². The Balaban J connectivity index is 1.58. The second-order valence-electron chi connectivity index (χ2n) is 6.72. The number of carbonyl (C=O) groups excluding carboxylic acids is 2. The van der Waals surface area contributed by atoms with E-state index in [1.807, 2.05) is 26.0 Å². The molecule has 0 bridgehead atoms. The summed E-state index contributed by atoms with van der Waals surface area (Å²) < 4.78 is 38.0. The molecule has 0 saturated carbocycles. The van der Waals surface area contributed by atoms with Crippen LogP contribution in [0.3, 0.4) is 0 Å². The van der Waals surface area contributed by atoms with Crippen LogP contribution in [-0.2, 0) is 17.8 Å². The molecule has 1 aliphatic rings. The lowest BCUT2D eigenvalue weighted by Crippen LogP contribution is -2.37. The Morgan fingerprint density at radius 2 is 2.00 bits per heavy atom. The van der Waals surface area contributed by atoms with Gasteiger partial charge in [-0.1, -0.05) is 0 Å². The summed E-state index contributed by atoms with van der Waals surface area (Å²) in [5.41, 5.74) is 1.48. The Morgan fingerprint density at radius 3 is 2.72 bits per heavy atom. The largest absolute Gasteiger partial charge is 0.494 e. The van der Waals surface area contributed by atoms with Crippen molar-refractivity contribution in [2.24, 2.45) is 0 Å². The molecule has 6 nitrogen and oxygen atoms in total. The van der Waals surface area contributed by atoms with Gasteiger partial charge in [-0.05, 0) is 38.1 Å². The van der Waals surface area contributed by atoms with E-state index in [1.54, 1.807) is 0 Å². The molecule has 2 N–H and O–H groups in total. The van der Waals surface area contributed by atoms with Crippen LogP contribution in [-0.4, -0.2) is 31.1 Å². The van der Waals surface area contributed by atoms with Gasteiger partial charge in [0, 0.05) is 30.2 Å². The lowest BCUT2D eigenvalue weighted by molar-refractivity contribution is -0.120. The highest BCUT2D eigenvalue weighted by Crippen LogP contribution is 2.35. The standard InChI is InChI=1S/C21H22F2N2O4/c1-3-28-18-7-13-6-12(2)29-19(13)8-14(18)10-24-20(26)11-25-21(27)16-5-4-15(22)9-17(16)23/h4-5,7-9,12H,3,6,10-11H2,1-2H3,(H,24,26)(H,25,27). The molecule has 8 heteroatoms. The van der Waals surface area contributed by atoms with Crippen LogP contribution in [0.15, 0.2) is 30.3 Å². The van der Waals surface area contributed by atoms with Crippen molar-refractivity contribution < 1.29 is 27.8 Å². The van der Waals surface area contributed by atoms with Gasteiger partial charge in [-0.15, -0.1) is 0 Å². The van der Waals surface area contributed by atoms with Crippen molar-refractivity contribution in [3.05, 3.63) is 58.7 Å². The Bertz CT molecular complexity index is 933. The molecule has 1 aliphatic heterocycles. The maximum atomic E-state index is 13.6. The first kappa shape index (κ1) is 20.6. The summed E-state index contributed by atoms with van der Waals surface area (Å²) in [6.45, 7) is 4.17. The second-order valence-corrected chi connectivity index (χ2v) is 6.72. The van der Waals surface area contributed by atoms with E-state index >= 15 is 0 Å². The average Bonchev–Trinajstić information content (AvgIpc) is 3.03. The lowest BCUT2D eigenvalue weighted by atomic mass is 10.1. The van der Waals surface area contributed by atoms with Crippen LogP contribution in [0.5, 0.6) is 11.5 Å². The van der Waals surface area contributed by atoms with E-state index in [0.29, 0.717) is 18.4 Å². The molecule has 0 radical (unpaired) electrons. The molecule has 3 rings (SSSR count). The minimum atomic E-state index is -0.989. The highest BCUT2D eigenvalue weighted by molar-refractivity contribution is 5.96. The number of hydrogen-bond acceptors (Lipinski definition) is 4. The highest BCUT2D eigenvalue weighted by Gasteiger charge is 2.22. The normalized spacial score (nSPS) is 14.7. The second kappa shape index (κ2) is 8.89. The van der Waals surface area contributed by atoms with Gasteiger partial charge in [0.1, 0.15) is 29.2 Å². The van der Waals surface area contributed by atoms with Gasteiger partial charge in [-0.2, -0.15) is 0 Å². The molecule has 0 aromatic heterocycles. The van der Waals surface area contributed by atoms with Crippen LogP contribution in [0, 0.1) is 11.6 Å². The maximum absolute atomic E-state index is 13.6. The molecule has 2 amide bonds. The van der Waals surface area contributed by atoms with E-state index < -0.39 is 23.4 Å². The fourth-order valence-electron chi connectivity index (χ4n) is 3.10. The van der Waals surface area contributed by atoms with Crippen molar-refractivity contribution in [1.82, 2.24) is 10.6 Å². The third-order valence-corrected chi connectivity index (χ3v) is 4.44. The molecule has 154 valence electrons. The first-order valence-electron chi connectivity index (χ1n) is 9.32. The summed E-state index contributed by atoms with van der Waals surface area (Å²) in [7, 11) is 0. The van der Waals surface area contributed by atoms with Gasteiger partial charge in [-0.25, -0.2) is 8.78 Å². The van der Waals surface area contributed by atoms with Crippen LogP contribution >= 0.6 is 0 Å². The van der Waals surface area contributed by atoms with Crippen molar-refractivity contribution >= 4 is 11.8 Å². The number of carbonyl (C=O) groups is 2. The monoisotopic (exact) mass is 404 g/mol. The number of rotatable bonds is 7. The van der Waals surface area contributed by atoms with Crippen LogP contribution in [0.25, 0.3) is 0 Å². The number of ether oxygens (including phenoxy) is 2. The van der Waals surface area contributed by atoms with E-state index in [4.69, 9.17) is 9.47 Å². The quantitative estimate of drug-likeness (QED) is 0.744. The molecular formula is C21H22F2N2O4. The summed E-state index contributed by atoms with van der Waals surface area (Å²) in [5.74, 6) is -1.59. The molecule has 1 heterocycles. The van der Waals surface area contributed by atoms with E-state index in [-0.39, 0.29) is 24.8 Å². The number of nitrogens with one attached hydrogen (secondary N) is 2. The first-order valence-corrected chi connectivity index (χ1v) is 9.32. The summed E-state index contributed by atoms with van der Waals surface area (Å²) in [5, 5.41) is 5.00. The van der Waals surface area contributed by atoms with E-state index in [2.05, 4.69) is 10.6 Å². The minimum Gasteiger partial charge on any atom is -0.494 e. The topological polar surface area (TPSA) is 76.7 Å². The fraction of sp³-hybridized carbons (Fsp3) is 0.333. The molecule has 2 aromatic carbocycles. The number of hydrogen-bond donors (Lipinski definition) is 2. The van der Waals surface area contributed by atoms with Crippen molar-refractivity contribution in [3.8, 4) is 11.5 Å². The summed E-state index contributed by atoms with van der Waals surface area (Å²) >= 11 is 0. The zero-order valence-electron chi connectivity index (χ0n) is 16.2. The van der Waals surface area contributed by atoms with Gasteiger partial charge in [0.25, 0.3) is 5.91 Å². The smallest absolute Gasteiger partial charge is 0.254 e. The first-order chi connectivity index (χ1) is 13.9. The maximum Gasteiger partial charge on any atom is 0.254 e. The minimum absolute atomic E-state index is 0.0892. The number of fused-ring (bicyclic) bond motifs is 1. The number of amides is 2. The summed E-state index contributed by atoms with van der Waals surface area (Å²) in [4.78, 5) is 24.1. The third kappa shape index (κ3) is 5.01. The van der Waals surface area contributed by atoms with Crippen molar-refractivity contribution in [2.75, 3.05) is 13.2 Å². The van der Waals surface area contributed by atoms with Crippen LogP contribution in [0.4, 0.5) is 8.78 Å². The Kier molecular flexibility index (Phi) is 6.31. The van der Waals surface area contributed by atoms with Gasteiger partial charge in [-0.3, -0.25) is 9.59 Å². The molecule has 0 spiro atoms. The van der Waals surface area contributed by atoms with Gasteiger partial charge in [0.15, 0.2) is 0 Å².